The zero-order valence-electron chi connectivity index (χ0n) is 12.1. The number of rotatable bonds is 11. The van der Waals surface area contributed by atoms with Gasteiger partial charge in [0.25, 0.3) is 0 Å². The van der Waals surface area contributed by atoms with Crippen molar-refractivity contribution < 1.29 is 0 Å². The van der Waals surface area contributed by atoms with Gasteiger partial charge >= 0.3 is 0 Å². The Labute approximate surface area is 108 Å². The quantitative estimate of drug-likeness (QED) is 0.487. The average Bonchev–Trinajstić information content (AvgIpc) is 2.24. The molecule has 3 heteroatoms. The number of nitrogens with two attached hydrogens (primary N) is 1. The van der Waals surface area contributed by atoms with Crippen molar-refractivity contribution in [3.63, 3.8) is 0 Å². The first-order valence-corrected chi connectivity index (χ1v) is 7.18. The van der Waals surface area contributed by atoms with E-state index in [1.807, 2.05) is 0 Å². The number of hydrogen-bond donors (Lipinski definition) is 3. The number of hydrogen-bond acceptors (Lipinski definition) is 3. The summed E-state index contributed by atoms with van der Waals surface area (Å²) in [5.41, 5.74) is 5.90. The predicted molar refractivity (Wildman–Crippen MR) is 77.3 cm³/mol. The van der Waals surface area contributed by atoms with E-state index < -0.39 is 0 Å². The van der Waals surface area contributed by atoms with E-state index in [-0.39, 0.29) is 0 Å². The van der Waals surface area contributed by atoms with Crippen LogP contribution in [-0.2, 0) is 0 Å². The van der Waals surface area contributed by atoms with Gasteiger partial charge in [0.05, 0.1) is 0 Å². The van der Waals surface area contributed by atoms with Crippen LogP contribution in [0.2, 0.25) is 0 Å². The van der Waals surface area contributed by atoms with Gasteiger partial charge in [0.15, 0.2) is 0 Å². The normalized spacial score (nSPS) is 12.0. The monoisotopic (exact) mass is 243 g/mol. The van der Waals surface area contributed by atoms with Crippen LogP contribution >= 0.6 is 0 Å². The highest BCUT2D eigenvalue weighted by molar-refractivity contribution is 4.62. The Bertz CT molecular complexity index is 152. The molecule has 0 heterocycles. The van der Waals surface area contributed by atoms with Crippen molar-refractivity contribution >= 4 is 0 Å². The molecule has 17 heavy (non-hydrogen) atoms. The first-order chi connectivity index (χ1) is 8.06. The largest absolute Gasteiger partial charge is 0.330 e. The summed E-state index contributed by atoms with van der Waals surface area (Å²) in [5.74, 6) is 0. The molecule has 0 bridgehead atoms. The van der Waals surface area contributed by atoms with Crippen LogP contribution < -0.4 is 16.4 Å². The van der Waals surface area contributed by atoms with E-state index in [1.54, 1.807) is 0 Å². The van der Waals surface area contributed by atoms with Crippen LogP contribution in [0, 0.1) is 5.41 Å². The molecule has 0 radical (unpaired) electrons. The molecule has 0 aliphatic carbocycles. The summed E-state index contributed by atoms with van der Waals surface area (Å²) < 4.78 is 0. The zero-order valence-corrected chi connectivity index (χ0v) is 12.1. The van der Waals surface area contributed by atoms with Crippen LogP contribution in [0.3, 0.4) is 0 Å². The number of unbranched alkanes of at least 4 members (excludes halogenated alkanes) is 1. The molecule has 104 valence electrons. The average molecular weight is 243 g/mol. The summed E-state index contributed by atoms with van der Waals surface area (Å²) >= 11 is 0. The molecule has 0 unspecified atom stereocenters. The molecule has 0 aliphatic rings. The van der Waals surface area contributed by atoms with Crippen molar-refractivity contribution in [3.05, 3.63) is 0 Å². The standard InChI is InChI=1S/C14H33N3/c1-14(2,3)8-6-12-16-10-4-5-11-17-13-7-9-15/h16-17H,4-13,15H2,1-3H3. The zero-order chi connectivity index (χ0) is 13.0. The lowest BCUT2D eigenvalue weighted by atomic mass is 9.91. The molecule has 3 nitrogen and oxygen atoms in total. The molecule has 0 rings (SSSR count). The van der Waals surface area contributed by atoms with Gasteiger partial charge < -0.3 is 16.4 Å². The summed E-state index contributed by atoms with van der Waals surface area (Å²) in [5, 5.41) is 6.91. The van der Waals surface area contributed by atoms with Crippen molar-refractivity contribution in [1.82, 2.24) is 10.6 Å². The highest BCUT2D eigenvalue weighted by Gasteiger charge is 2.08. The molecule has 0 fully saturated rings. The van der Waals surface area contributed by atoms with Crippen molar-refractivity contribution in [1.29, 1.82) is 0 Å². The third-order valence-corrected chi connectivity index (χ3v) is 2.80. The topological polar surface area (TPSA) is 50.1 Å². The second-order valence-electron chi connectivity index (χ2n) is 6.01. The molecule has 0 aromatic rings. The maximum absolute atomic E-state index is 5.42. The summed E-state index contributed by atoms with van der Waals surface area (Å²) in [6, 6.07) is 0. The molecule has 0 aromatic carbocycles. The fourth-order valence-electron chi connectivity index (χ4n) is 1.72. The first-order valence-electron chi connectivity index (χ1n) is 7.18. The van der Waals surface area contributed by atoms with Crippen LogP contribution in [0.25, 0.3) is 0 Å². The Hall–Kier alpha value is -0.120. The van der Waals surface area contributed by atoms with Gasteiger partial charge in [-0.2, -0.15) is 0 Å². The molecule has 0 aliphatic heterocycles. The van der Waals surface area contributed by atoms with Crippen LogP contribution in [0.15, 0.2) is 0 Å². The van der Waals surface area contributed by atoms with E-state index in [1.165, 1.54) is 25.7 Å². The van der Waals surface area contributed by atoms with Crippen LogP contribution in [0.1, 0.15) is 52.9 Å². The van der Waals surface area contributed by atoms with Crippen LogP contribution in [-0.4, -0.2) is 32.7 Å². The lowest BCUT2D eigenvalue weighted by Gasteiger charge is -2.17. The molecule has 0 aromatic heterocycles. The lowest BCUT2D eigenvalue weighted by molar-refractivity contribution is 0.360. The van der Waals surface area contributed by atoms with Gasteiger partial charge in [-0.05, 0) is 70.2 Å². The van der Waals surface area contributed by atoms with Crippen molar-refractivity contribution in [2.24, 2.45) is 11.1 Å². The van der Waals surface area contributed by atoms with Crippen LogP contribution in [0.5, 0.6) is 0 Å². The maximum Gasteiger partial charge on any atom is -0.00369 e. The highest BCUT2D eigenvalue weighted by atomic mass is 14.9. The van der Waals surface area contributed by atoms with Gasteiger partial charge in [-0.1, -0.05) is 20.8 Å². The van der Waals surface area contributed by atoms with E-state index >= 15 is 0 Å². The maximum atomic E-state index is 5.42. The Morgan fingerprint density at radius 2 is 1.24 bits per heavy atom. The molecule has 0 spiro atoms. The van der Waals surface area contributed by atoms with Gasteiger partial charge in [0.2, 0.25) is 0 Å². The van der Waals surface area contributed by atoms with Gasteiger partial charge in [-0.15, -0.1) is 0 Å². The third kappa shape index (κ3) is 15.9. The summed E-state index contributed by atoms with van der Waals surface area (Å²) in [6.45, 7) is 12.2. The molecular weight excluding hydrogens is 210 g/mol. The Balaban J connectivity index is 2.99. The molecule has 0 saturated carbocycles. The van der Waals surface area contributed by atoms with Gasteiger partial charge in [0.1, 0.15) is 0 Å². The van der Waals surface area contributed by atoms with E-state index in [2.05, 4.69) is 31.4 Å². The van der Waals surface area contributed by atoms with Gasteiger partial charge in [0, 0.05) is 0 Å². The summed E-state index contributed by atoms with van der Waals surface area (Å²) in [7, 11) is 0. The number of nitrogens with one attached hydrogen (secondary N) is 2. The molecule has 0 atom stereocenters. The second-order valence-corrected chi connectivity index (χ2v) is 6.01. The molecule has 0 saturated heterocycles. The first kappa shape index (κ1) is 16.9. The van der Waals surface area contributed by atoms with Crippen molar-refractivity contribution in [2.45, 2.75) is 52.9 Å². The van der Waals surface area contributed by atoms with Crippen LogP contribution in [0.4, 0.5) is 0 Å². The van der Waals surface area contributed by atoms with Crippen molar-refractivity contribution in [2.75, 3.05) is 32.7 Å². The van der Waals surface area contributed by atoms with Gasteiger partial charge in [-0.25, -0.2) is 0 Å². The third-order valence-electron chi connectivity index (χ3n) is 2.80. The van der Waals surface area contributed by atoms with E-state index in [0.29, 0.717) is 5.41 Å². The summed E-state index contributed by atoms with van der Waals surface area (Å²) in [6.07, 6.45) is 6.21. The SMILES string of the molecule is CC(C)(C)CCCNCCCCNCCCN. The molecule has 4 N–H and O–H groups in total. The minimum atomic E-state index is 0.481. The fraction of sp³-hybridized carbons (Fsp3) is 1.00. The van der Waals surface area contributed by atoms with E-state index in [4.69, 9.17) is 5.73 Å². The molecular formula is C14H33N3. The predicted octanol–water partition coefficient (Wildman–Crippen LogP) is 2.12. The van der Waals surface area contributed by atoms with Crippen molar-refractivity contribution in [3.8, 4) is 0 Å². The lowest BCUT2D eigenvalue weighted by Crippen LogP contribution is -2.22. The fourth-order valence-corrected chi connectivity index (χ4v) is 1.72. The summed E-state index contributed by atoms with van der Waals surface area (Å²) in [4.78, 5) is 0. The minimum absolute atomic E-state index is 0.481. The highest BCUT2D eigenvalue weighted by Crippen LogP contribution is 2.19. The van der Waals surface area contributed by atoms with E-state index in [9.17, 15) is 0 Å². The minimum Gasteiger partial charge on any atom is -0.330 e. The smallest absolute Gasteiger partial charge is 0.00369 e. The second kappa shape index (κ2) is 11.0. The van der Waals surface area contributed by atoms with E-state index in [0.717, 1.165) is 39.1 Å². The Morgan fingerprint density at radius 1 is 0.765 bits per heavy atom. The molecule has 0 amide bonds. The van der Waals surface area contributed by atoms with Gasteiger partial charge in [-0.3, -0.25) is 0 Å². The Morgan fingerprint density at radius 3 is 1.71 bits per heavy atom. The Kier molecular flexibility index (Phi) is 10.9.